The molecule has 1 aromatic carbocycles. The monoisotopic (exact) mass is 289 g/mol. The lowest BCUT2D eigenvalue weighted by molar-refractivity contribution is -0.135. The highest BCUT2D eigenvalue weighted by atomic mass is 16.2. The molecule has 2 rings (SSSR count). The second-order valence-electron chi connectivity index (χ2n) is 6.18. The normalized spacial score (nSPS) is 21.3. The van der Waals surface area contributed by atoms with Crippen LogP contribution in [-0.2, 0) is 11.3 Å². The SMILES string of the molecule is CCN(Cc1ccc(N(C)C)cc1)C(=O)C1CCC(N)C1. The van der Waals surface area contributed by atoms with Crippen LogP contribution in [0.1, 0.15) is 31.7 Å². The molecule has 2 unspecified atom stereocenters. The Morgan fingerprint density at radius 1 is 1.24 bits per heavy atom. The second-order valence-corrected chi connectivity index (χ2v) is 6.18. The maximum Gasteiger partial charge on any atom is 0.226 e. The van der Waals surface area contributed by atoms with E-state index in [1.165, 1.54) is 11.3 Å². The lowest BCUT2D eigenvalue weighted by atomic mass is 10.1. The third-order valence-corrected chi connectivity index (χ3v) is 4.34. The molecule has 0 aliphatic heterocycles. The summed E-state index contributed by atoms with van der Waals surface area (Å²) in [5.74, 6) is 0.392. The van der Waals surface area contributed by atoms with Gasteiger partial charge in [-0.25, -0.2) is 0 Å². The molecule has 0 saturated heterocycles. The van der Waals surface area contributed by atoms with Gasteiger partial charge in [0.25, 0.3) is 0 Å². The van der Waals surface area contributed by atoms with E-state index in [4.69, 9.17) is 5.73 Å². The van der Waals surface area contributed by atoms with Crippen LogP contribution in [0.2, 0.25) is 0 Å². The van der Waals surface area contributed by atoms with Gasteiger partial charge >= 0.3 is 0 Å². The molecule has 4 nitrogen and oxygen atoms in total. The van der Waals surface area contributed by atoms with E-state index in [1.54, 1.807) is 0 Å². The summed E-state index contributed by atoms with van der Waals surface area (Å²) < 4.78 is 0. The zero-order chi connectivity index (χ0) is 15.4. The number of amides is 1. The highest BCUT2D eigenvalue weighted by molar-refractivity contribution is 5.79. The predicted molar refractivity (Wildman–Crippen MR) is 87.2 cm³/mol. The lowest BCUT2D eigenvalue weighted by Gasteiger charge is -2.24. The molecule has 0 spiro atoms. The number of nitrogens with two attached hydrogens (primary N) is 1. The van der Waals surface area contributed by atoms with Crippen molar-refractivity contribution in [3.05, 3.63) is 29.8 Å². The van der Waals surface area contributed by atoms with Crippen molar-refractivity contribution < 1.29 is 4.79 Å². The summed E-state index contributed by atoms with van der Waals surface area (Å²) in [5, 5.41) is 0. The minimum Gasteiger partial charge on any atom is -0.378 e. The van der Waals surface area contributed by atoms with Crippen molar-refractivity contribution in [3.63, 3.8) is 0 Å². The molecule has 4 heteroatoms. The van der Waals surface area contributed by atoms with Crippen LogP contribution in [0.25, 0.3) is 0 Å². The number of carbonyl (C=O) groups is 1. The smallest absolute Gasteiger partial charge is 0.226 e. The maximum atomic E-state index is 12.6. The number of anilines is 1. The maximum absolute atomic E-state index is 12.6. The minimum atomic E-state index is 0.126. The summed E-state index contributed by atoms with van der Waals surface area (Å²) in [4.78, 5) is 16.6. The molecule has 1 aliphatic rings. The molecule has 1 saturated carbocycles. The van der Waals surface area contributed by atoms with Crippen molar-refractivity contribution >= 4 is 11.6 Å². The zero-order valence-electron chi connectivity index (χ0n) is 13.4. The summed E-state index contributed by atoms with van der Waals surface area (Å²) in [6.45, 7) is 3.48. The fourth-order valence-electron chi connectivity index (χ4n) is 2.96. The van der Waals surface area contributed by atoms with Crippen molar-refractivity contribution in [3.8, 4) is 0 Å². The molecule has 0 heterocycles. The van der Waals surface area contributed by atoms with Gasteiger partial charge in [0.15, 0.2) is 0 Å². The van der Waals surface area contributed by atoms with Crippen LogP contribution in [0.4, 0.5) is 5.69 Å². The van der Waals surface area contributed by atoms with Gasteiger partial charge in [-0.2, -0.15) is 0 Å². The Bertz CT molecular complexity index is 469. The van der Waals surface area contributed by atoms with E-state index in [-0.39, 0.29) is 17.9 Å². The highest BCUT2D eigenvalue weighted by Crippen LogP contribution is 2.26. The minimum absolute atomic E-state index is 0.126. The van der Waals surface area contributed by atoms with Gasteiger partial charge in [0.2, 0.25) is 5.91 Å². The molecule has 21 heavy (non-hydrogen) atoms. The van der Waals surface area contributed by atoms with Crippen molar-refractivity contribution in [2.75, 3.05) is 25.5 Å². The summed E-state index contributed by atoms with van der Waals surface area (Å²) >= 11 is 0. The van der Waals surface area contributed by atoms with E-state index in [2.05, 4.69) is 29.2 Å². The Hall–Kier alpha value is -1.55. The Balaban J connectivity index is 1.99. The van der Waals surface area contributed by atoms with E-state index < -0.39 is 0 Å². The number of carbonyl (C=O) groups excluding carboxylic acids is 1. The topological polar surface area (TPSA) is 49.6 Å². The van der Waals surface area contributed by atoms with E-state index in [0.717, 1.165) is 25.8 Å². The van der Waals surface area contributed by atoms with Gasteiger partial charge in [-0.3, -0.25) is 4.79 Å². The third kappa shape index (κ3) is 3.97. The molecule has 1 aliphatic carbocycles. The second kappa shape index (κ2) is 6.94. The quantitative estimate of drug-likeness (QED) is 0.904. The summed E-state index contributed by atoms with van der Waals surface area (Å²) in [7, 11) is 4.06. The molecule has 0 radical (unpaired) electrons. The summed E-state index contributed by atoms with van der Waals surface area (Å²) in [6.07, 6.45) is 2.76. The average Bonchev–Trinajstić information content (AvgIpc) is 2.91. The van der Waals surface area contributed by atoms with Crippen molar-refractivity contribution in [2.24, 2.45) is 11.7 Å². The van der Waals surface area contributed by atoms with Crippen molar-refractivity contribution in [2.45, 2.75) is 38.8 Å². The number of hydrogen-bond acceptors (Lipinski definition) is 3. The van der Waals surface area contributed by atoms with E-state index >= 15 is 0 Å². The first-order valence-electron chi connectivity index (χ1n) is 7.82. The fraction of sp³-hybridized carbons (Fsp3) is 0.588. The van der Waals surface area contributed by atoms with E-state index in [0.29, 0.717) is 6.54 Å². The molecule has 0 aromatic heterocycles. The van der Waals surface area contributed by atoms with Crippen LogP contribution in [0, 0.1) is 5.92 Å². The first-order chi connectivity index (χ1) is 10.0. The van der Waals surface area contributed by atoms with Gasteiger partial charge < -0.3 is 15.5 Å². The molecule has 1 amide bonds. The van der Waals surface area contributed by atoms with Crippen LogP contribution in [0.5, 0.6) is 0 Å². The van der Waals surface area contributed by atoms with Gasteiger partial charge in [0, 0.05) is 44.8 Å². The van der Waals surface area contributed by atoms with Crippen LogP contribution in [0.3, 0.4) is 0 Å². The molecule has 116 valence electrons. The van der Waals surface area contributed by atoms with Gasteiger partial charge in [-0.1, -0.05) is 12.1 Å². The first-order valence-corrected chi connectivity index (χ1v) is 7.82. The number of hydrogen-bond donors (Lipinski definition) is 1. The summed E-state index contributed by atoms with van der Waals surface area (Å²) in [6, 6.07) is 8.60. The summed E-state index contributed by atoms with van der Waals surface area (Å²) in [5.41, 5.74) is 8.28. The van der Waals surface area contributed by atoms with Crippen molar-refractivity contribution in [1.29, 1.82) is 0 Å². The van der Waals surface area contributed by atoms with Crippen LogP contribution < -0.4 is 10.6 Å². The van der Waals surface area contributed by atoms with Crippen LogP contribution in [0.15, 0.2) is 24.3 Å². The molecule has 2 N–H and O–H groups in total. The van der Waals surface area contributed by atoms with Crippen LogP contribution in [-0.4, -0.2) is 37.5 Å². The van der Waals surface area contributed by atoms with E-state index in [9.17, 15) is 4.79 Å². The molecule has 1 aromatic rings. The fourth-order valence-corrected chi connectivity index (χ4v) is 2.96. The van der Waals surface area contributed by atoms with Gasteiger partial charge in [0.1, 0.15) is 0 Å². The number of rotatable bonds is 5. The Kier molecular flexibility index (Phi) is 5.23. The number of benzene rings is 1. The number of nitrogens with zero attached hydrogens (tertiary/aromatic N) is 2. The molecule has 1 fully saturated rings. The van der Waals surface area contributed by atoms with Gasteiger partial charge in [0.05, 0.1) is 0 Å². The standard InChI is InChI=1S/C17H27N3O/c1-4-20(17(21)14-7-8-15(18)11-14)12-13-5-9-16(10-6-13)19(2)3/h5-6,9-10,14-15H,4,7-8,11-12,18H2,1-3H3. The molecule has 2 atom stereocenters. The van der Waals surface area contributed by atoms with Gasteiger partial charge in [-0.05, 0) is 43.9 Å². The largest absolute Gasteiger partial charge is 0.378 e. The van der Waals surface area contributed by atoms with Crippen molar-refractivity contribution in [1.82, 2.24) is 4.90 Å². The van der Waals surface area contributed by atoms with E-state index in [1.807, 2.05) is 25.9 Å². The zero-order valence-corrected chi connectivity index (χ0v) is 13.4. The average molecular weight is 289 g/mol. The van der Waals surface area contributed by atoms with Crippen LogP contribution >= 0.6 is 0 Å². The predicted octanol–water partition coefficient (Wildman–Crippen LogP) is 2.23. The Morgan fingerprint density at radius 3 is 2.38 bits per heavy atom. The lowest BCUT2D eigenvalue weighted by Crippen LogP contribution is -2.35. The Morgan fingerprint density at radius 2 is 1.90 bits per heavy atom. The highest BCUT2D eigenvalue weighted by Gasteiger charge is 2.30. The third-order valence-electron chi connectivity index (χ3n) is 4.34. The molecular weight excluding hydrogens is 262 g/mol. The molecular formula is C17H27N3O. The van der Waals surface area contributed by atoms with Gasteiger partial charge in [-0.15, -0.1) is 0 Å². The molecule has 0 bridgehead atoms. The Labute approximate surface area is 127 Å². The first kappa shape index (κ1) is 15.8.